The van der Waals surface area contributed by atoms with Gasteiger partial charge in [0.1, 0.15) is 11.5 Å². The summed E-state index contributed by atoms with van der Waals surface area (Å²) in [5, 5.41) is 3.63. The first-order valence-electron chi connectivity index (χ1n) is 4.03. The molecule has 1 heterocycles. The van der Waals surface area contributed by atoms with Gasteiger partial charge in [-0.2, -0.15) is 5.10 Å². The number of rotatable bonds is 1. The van der Waals surface area contributed by atoms with Crippen LogP contribution in [0, 0.1) is 17.5 Å². The molecule has 1 aromatic heterocycles. The molecule has 6 heteroatoms. The van der Waals surface area contributed by atoms with E-state index >= 15 is 0 Å². The van der Waals surface area contributed by atoms with Crippen LogP contribution in [0.25, 0.3) is 5.69 Å². The van der Waals surface area contributed by atoms with Crippen molar-refractivity contribution in [2.75, 3.05) is 5.73 Å². The minimum Gasteiger partial charge on any atom is -0.396 e. The molecule has 3 nitrogen and oxygen atoms in total. The van der Waals surface area contributed by atoms with Gasteiger partial charge in [0.05, 0.1) is 18.1 Å². The molecule has 0 aliphatic heterocycles. The zero-order valence-electron chi connectivity index (χ0n) is 7.42. The minimum absolute atomic E-state index is 0.262. The Bertz CT molecular complexity index is 484. The molecule has 1 aromatic carbocycles. The van der Waals surface area contributed by atoms with Gasteiger partial charge in [0.25, 0.3) is 0 Å². The molecule has 0 saturated carbocycles. The molecule has 0 aliphatic carbocycles. The summed E-state index contributed by atoms with van der Waals surface area (Å²) >= 11 is 0. The van der Waals surface area contributed by atoms with Gasteiger partial charge in [-0.15, -0.1) is 0 Å². The third-order valence-corrected chi connectivity index (χ3v) is 1.81. The number of aromatic nitrogens is 2. The maximum atomic E-state index is 13.2. The first kappa shape index (κ1) is 9.57. The van der Waals surface area contributed by atoms with Crippen LogP contribution in [-0.4, -0.2) is 9.78 Å². The van der Waals surface area contributed by atoms with Crippen molar-refractivity contribution in [3.8, 4) is 5.69 Å². The fourth-order valence-electron chi connectivity index (χ4n) is 1.21. The fraction of sp³-hybridized carbons (Fsp3) is 0. The first-order valence-corrected chi connectivity index (χ1v) is 4.03. The summed E-state index contributed by atoms with van der Waals surface area (Å²) in [4.78, 5) is 0. The zero-order chi connectivity index (χ0) is 11.0. The van der Waals surface area contributed by atoms with Gasteiger partial charge in [-0.25, -0.2) is 17.9 Å². The highest BCUT2D eigenvalue weighted by atomic mass is 19.1. The van der Waals surface area contributed by atoms with Crippen LogP contribution in [0.15, 0.2) is 24.5 Å². The Morgan fingerprint density at radius 1 is 1.13 bits per heavy atom. The largest absolute Gasteiger partial charge is 0.396 e. The Labute approximate surface area is 82.9 Å². The van der Waals surface area contributed by atoms with Crippen molar-refractivity contribution in [1.82, 2.24) is 9.78 Å². The molecule has 78 valence electrons. The summed E-state index contributed by atoms with van der Waals surface area (Å²) in [6.07, 6.45) is 2.47. The molecule has 2 rings (SSSR count). The van der Waals surface area contributed by atoms with E-state index in [1.807, 2.05) is 0 Å². The highest BCUT2D eigenvalue weighted by Crippen LogP contribution is 2.19. The summed E-state index contributed by atoms with van der Waals surface area (Å²) in [7, 11) is 0. The summed E-state index contributed by atoms with van der Waals surface area (Å²) in [6, 6.07) is 1.16. The highest BCUT2D eigenvalue weighted by Gasteiger charge is 2.13. The Hall–Kier alpha value is -1.98. The van der Waals surface area contributed by atoms with E-state index in [0.29, 0.717) is 12.1 Å². The number of halogens is 3. The lowest BCUT2D eigenvalue weighted by molar-refractivity contribution is 0.528. The van der Waals surface area contributed by atoms with Crippen LogP contribution in [0.4, 0.5) is 18.9 Å². The van der Waals surface area contributed by atoms with Gasteiger partial charge < -0.3 is 5.73 Å². The van der Waals surface area contributed by atoms with Gasteiger partial charge in [0, 0.05) is 12.1 Å². The third kappa shape index (κ3) is 1.65. The molecular weight excluding hydrogens is 207 g/mol. The molecule has 2 aromatic rings. The van der Waals surface area contributed by atoms with Crippen molar-refractivity contribution in [1.29, 1.82) is 0 Å². The van der Waals surface area contributed by atoms with E-state index in [1.165, 1.54) is 12.4 Å². The third-order valence-electron chi connectivity index (χ3n) is 1.81. The number of benzene rings is 1. The van der Waals surface area contributed by atoms with Crippen molar-refractivity contribution in [3.05, 3.63) is 42.0 Å². The summed E-state index contributed by atoms with van der Waals surface area (Å²) in [5.74, 6) is -3.04. The van der Waals surface area contributed by atoms with Gasteiger partial charge in [-0.3, -0.25) is 0 Å². The van der Waals surface area contributed by atoms with Gasteiger partial charge in [0.15, 0.2) is 11.6 Å². The number of hydrogen-bond donors (Lipinski definition) is 1. The fourth-order valence-corrected chi connectivity index (χ4v) is 1.21. The van der Waals surface area contributed by atoms with Gasteiger partial charge in [-0.05, 0) is 0 Å². The standard InChI is InChI=1S/C9H6F3N3/c10-5-1-7(11)9(8(12)2-5)15-4-6(13)3-14-15/h1-4H,13H2. The molecule has 15 heavy (non-hydrogen) atoms. The number of hydrogen-bond acceptors (Lipinski definition) is 2. The molecule has 0 spiro atoms. The quantitative estimate of drug-likeness (QED) is 0.785. The van der Waals surface area contributed by atoms with E-state index < -0.39 is 23.1 Å². The second-order valence-electron chi connectivity index (χ2n) is 2.94. The van der Waals surface area contributed by atoms with Crippen molar-refractivity contribution >= 4 is 5.69 Å². The van der Waals surface area contributed by atoms with Crippen LogP contribution < -0.4 is 5.73 Å². The second-order valence-corrected chi connectivity index (χ2v) is 2.94. The molecule has 0 aliphatic rings. The monoisotopic (exact) mass is 213 g/mol. The van der Waals surface area contributed by atoms with Crippen molar-refractivity contribution in [2.24, 2.45) is 0 Å². The number of nitrogens with zero attached hydrogens (tertiary/aromatic N) is 2. The summed E-state index contributed by atoms with van der Waals surface area (Å²) in [5.41, 5.74) is 5.16. The van der Waals surface area contributed by atoms with Crippen LogP contribution >= 0.6 is 0 Å². The van der Waals surface area contributed by atoms with E-state index in [0.717, 1.165) is 4.68 Å². The predicted molar refractivity (Wildman–Crippen MR) is 47.9 cm³/mol. The van der Waals surface area contributed by atoms with E-state index in [4.69, 9.17) is 5.73 Å². The maximum absolute atomic E-state index is 13.2. The van der Waals surface area contributed by atoms with Crippen molar-refractivity contribution in [3.63, 3.8) is 0 Å². The van der Waals surface area contributed by atoms with E-state index in [2.05, 4.69) is 5.10 Å². The van der Waals surface area contributed by atoms with Crippen LogP contribution in [0.3, 0.4) is 0 Å². The molecule has 2 N–H and O–H groups in total. The van der Waals surface area contributed by atoms with Crippen LogP contribution in [0.5, 0.6) is 0 Å². The van der Waals surface area contributed by atoms with Crippen molar-refractivity contribution < 1.29 is 13.2 Å². The maximum Gasteiger partial charge on any atom is 0.154 e. The van der Waals surface area contributed by atoms with Gasteiger partial charge in [-0.1, -0.05) is 0 Å². The molecule has 0 atom stereocenters. The average molecular weight is 213 g/mol. The van der Waals surface area contributed by atoms with E-state index in [1.54, 1.807) is 0 Å². The Balaban J connectivity index is 2.62. The lowest BCUT2D eigenvalue weighted by Gasteiger charge is -2.04. The van der Waals surface area contributed by atoms with Crippen LogP contribution in [0.2, 0.25) is 0 Å². The molecule has 0 unspecified atom stereocenters. The molecular formula is C9H6F3N3. The van der Waals surface area contributed by atoms with Gasteiger partial charge in [0.2, 0.25) is 0 Å². The Morgan fingerprint density at radius 3 is 2.20 bits per heavy atom. The second kappa shape index (κ2) is 3.30. The summed E-state index contributed by atoms with van der Waals surface area (Å²) < 4.78 is 40.0. The SMILES string of the molecule is Nc1cnn(-c2c(F)cc(F)cc2F)c1. The topological polar surface area (TPSA) is 43.8 Å². The predicted octanol–water partition coefficient (Wildman–Crippen LogP) is 1.87. The molecule has 0 amide bonds. The number of nitrogens with two attached hydrogens (primary N) is 1. The number of anilines is 1. The van der Waals surface area contributed by atoms with Crippen LogP contribution in [-0.2, 0) is 0 Å². The van der Waals surface area contributed by atoms with Crippen molar-refractivity contribution in [2.45, 2.75) is 0 Å². The van der Waals surface area contributed by atoms with Crippen LogP contribution in [0.1, 0.15) is 0 Å². The Morgan fingerprint density at radius 2 is 1.73 bits per heavy atom. The van der Waals surface area contributed by atoms with E-state index in [9.17, 15) is 13.2 Å². The smallest absolute Gasteiger partial charge is 0.154 e. The normalized spacial score (nSPS) is 10.6. The molecule has 0 fully saturated rings. The minimum atomic E-state index is -1.03. The number of nitrogen functional groups attached to an aromatic ring is 1. The lowest BCUT2D eigenvalue weighted by atomic mass is 10.3. The lowest BCUT2D eigenvalue weighted by Crippen LogP contribution is -2.02. The zero-order valence-corrected chi connectivity index (χ0v) is 7.42. The molecule has 0 bridgehead atoms. The average Bonchev–Trinajstić information content (AvgIpc) is 2.49. The highest BCUT2D eigenvalue weighted by molar-refractivity contribution is 5.40. The van der Waals surface area contributed by atoms with Gasteiger partial charge >= 0.3 is 0 Å². The molecule has 0 saturated heterocycles. The Kier molecular flexibility index (Phi) is 2.11. The molecule has 0 radical (unpaired) electrons. The van der Waals surface area contributed by atoms with E-state index in [-0.39, 0.29) is 5.69 Å². The summed E-state index contributed by atoms with van der Waals surface area (Å²) in [6.45, 7) is 0. The first-order chi connectivity index (χ1) is 7.08.